The predicted molar refractivity (Wildman–Crippen MR) is 218 cm³/mol. The molecule has 1 heterocycles. The van der Waals surface area contributed by atoms with Crippen LogP contribution >= 0.6 is 0 Å². The number of carbonyl (C=O) groups is 5. The van der Waals surface area contributed by atoms with Crippen LogP contribution in [0.4, 0.5) is 0 Å². The monoisotopic (exact) mass is 808 g/mol. The number of nitrogens with zero attached hydrogens (tertiary/aromatic N) is 3. The van der Waals surface area contributed by atoms with Crippen LogP contribution in [-0.2, 0) is 32.0 Å². The molecule has 4 atom stereocenters. The first kappa shape index (κ1) is 45.2. The zero-order chi connectivity index (χ0) is 43.1. The highest BCUT2D eigenvalue weighted by Crippen LogP contribution is 2.40. The first-order valence-electron chi connectivity index (χ1n) is 19.3. The minimum atomic E-state index is -1.39. The summed E-state index contributed by atoms with van der Waals surface area (Å²) in [6.45, 7) is 3.68. The Balaban J connectivity index is 1.87. The number of rotatable bonds is 16. The van der Waals surface area contributed by atoms with E-state index in [4.69, 9.17) is 31.9 Å². The predicted octanol–water partition coefficient (Wildman–Crippen LogP) is 0.625. The molecule has 0 saturated carbocycles. The Morgan fingerprint density at radius 2 is 1.58 bits per heavy atom. The molecule has 17 heteroatoms. The normalized spacial score (nSPS) is 16.8. The summed E-state index contributed by atoms with van der Waals surface area (Å²) in [5.74, 6) is -2.52. The Hall–Kier alpha value is -6.53. The van der Waals surface area contributed by atoms with Gasteiger partial charge in [-0.3, -0.25) is 24.0 Å². The Kier molecular flexibility index (Phi) is 16.7. The van der Waals surface area contributed by atoms with Gasteiger partial charge in [0.2, 0.25) is 23.6 Å². The number of fused-ring (bicyclic) bond motifs is 5. The van der Waals surface area contributed by atoms with E-state index in [-0.39, 0.29) is 58.7 Å². The molecule has 0 saturated heterocycles. The van der Waals surface area contributed by atoms with Crippen LogP contribution in [-0.4, -0.2) is 99.0 Å². The Morgan fingerprint density at radius 1 is 0.898 bits per heavy atom. The largest absolute Gasteiger partial charge is 0.492 e. The zero-order valence-electron chi connectivity index (χ0n) is 33.5. The third-order valence-corrected chi connectivity index (χ3v) is 9.62. The molecule has 312 valence electrons. The standard InChI is InChI=1S/C42H52N10O7/c1-25-6-9-30(28(21-25)5-4-13-43)39(54)50-33(12-14-44)42(57)52(3)37-29-8-11-36(59-20-17-47)32(24-29)31-22-27(7-10-35(31)58-19-16-46)23-34(40(55)48-18-15-45)51-38(53)26(2)49-41(37)56/h6-11,21-22,24,26,33-34,37H,4-5,12,14,16-20,23,44,46-47H2,1-3H3,(H,48,55)(H,49,56)(H,50,54)(H,51,53)/t26-,33-,34-,37-/m0/s1. The number of hydrogen-bond donors (Lipinski definition) is 7. The molecular weight excluding hydrogens is 757 g/mol. The molecule has 0 fully saturated rings. The van der Waals surface area contributed by atoms with Crippen LogP contribution in [0.3, 0.4) is 0 Å². The minimum absolute atomic E-state index is 0.00302. The van der Waals surface area contributed by atoms with E-state index in [0.717, 1.165) is 5.56 Å². The van der Waals surface area contributed by atoms with Crippen molar-refractivity contribution in [1.29, 1.82) is 10.5 Å². The van der Waals surface area contributed by atoms with Crippen molar-refractivity contribution in [3.05, 3.63) is 82.4 Å². The van der Waals surface area contributed by atoms with E-state index >= 15 is 0 Å². The van der Waals surface area contributed by atoms with Gasteiger partial charge in [-0.05, 0) is 80.3 Å². The third-order valence-electron chi connectivity index (χ3n) is 9.62. The lowest BCUT2D eigenvalue weighted by molar-refractivity contribution is -0.141. The molecule has 0 radical (unpaired) electrons. The maximum Gasteiger partial charge on any atom is 0.252 e. The summed E-state index contributed by atoms with van der Waals surface area (Å²) >= 11 is 0. The lowest BCUT2D eigenvalue weighted by atomic mass is 9.93. The van der Waals surface area contributed by atoms with E-state index in [1.54, 1.807) is 48.5 Å². The summed E-state index contributed by atoms with van der Waals surface area (Å²) in [5.41, 5.74) is 21.3. The molecule has 0 aliphatic carbocycles. The molecule has 5 amide bonds. The SMILES string of the molecule is Cc1ccc(C(=O)N[C@@H](CCN)C(=O)N(C)[C@@H]2C(=O)N[C@@H](C)C(=O)N[C@H](C(=O)NCC#N)Cc3ccc(OCCN)c(c3)-c3cc2ccc3OCCN)c(CCC#N)c1. The van der Waals surface area contributed by atoms with Gasteiger partial charge in [-0.2, -0.15) is 10.5 Å². The first-order chi connectivity index (χ1) is 28.4. The molecule has 0 unspecified atom stereocenters. The third kappa shape index (κ3) is 11.8. The Bertz CT molecular complexity index is 2100. The highest BCUT2D eigenvalue weighted by Gasteiger charge is 2.36. The average Bonchev–Trinajstić information content (AvgIpc) is 3.22. The number of nitrogens with one attached hydrogen (secondary N) is 4. The molecule has 17 nitrogen and oxygen atoms in total. The molecular formula is C42H52N10O7. The number of hydrogen-bond acceptors (Lipinski definition) is 12. The first-order valence-corrected chi connectivity index (χ1v) is 19.3. The summed E-state index contributed by atoms with van der Waals surface area (Å²) in [7, 11) is 1.41. The molecule has 3 aromatic carbocycles. The van der Waals surface area contributed by atoms with Crippen molar-refractivity contribution in [3.8, 4) is 34.8 Å². The van der Waals surface area contributed by atoms with Crippen molar-refractivity contribution in [3.63, 3.8) is 0 Å². The van der Waals surface area contributed by atoms with Gasteiger partial charge in [-0.1, -0.05) is 29.8 Å². The van der Waals surface area contributed by atoms with Gasteiger partial charge in [0.05, 0.1) is 12.1 Å². The van der Waals surface area contributed by atoms with E-state index in [9.17, 15) is 29.2 Å². The summed E-state index contributed by atoms with van der Waals surface area (Å²) < 4.78 is 12.1. The number of nitriles is 2. The van der Waals surface area contributed by atoms with Crippen LogP contribution in [0, 0.1) is 29.6 Å². The lowest BCUT2D eigenvalue weighted by Crippen LogP contribution is -2.56. The van der Waals surface area contributed by atoms with E-state index in [1.165, 1.54) is 18.9 Å². The van der Waals surface area contributed by atoms with Gasteiger partial charge in [-0.15, -0.1) is 0 Å². The highest BCUT2D eigenvalue weighted by atomic mass is 16.5. The number of nitrogens with two attached hydrogens (primary N) is 3. The number of carbonyl (C=O) groups excluding carboxylic acids is 5. The fraction of sp³-hybridized carbons (Fsp3) is 0.405. The number of likely N-dealkylation sites (N-methyl/N-ethyl adjacent to an activating group) is 1. The van der Waals surface area contributed by atoms with Crippen molar-refractivity contribution in [2.75, 3.05) is 46.4 Å². The highest BCUT2D eigenvalue weighted by molar-refractivity contribution is 6.00. The van der Waals surface area contributed by atoms with E-state index in [2.05, 4.69) is 27.3 Å². The second kappa shape index (κ2) is 21.8. The lowest BCUT2D eigenvalue weighted by Gasteiger charge is -2.32. The summed E-state index contributed by atoms with van der Waals surface area (Å²) in [6, 6.07) is 14.3. The fourth-order valence-electron chi connectivity index (χ4n) is 6.71. The summed E-state index contributed by atoms with van der Waals surface area (Å²) in [5, 5.41) is 29.0. The van der Waals surface area contributed by atoms with Crippen molar-refractivity contribution in [2.45, 2.75) is 63.7 Å². The Morgan fingerprint density at radius 3 is 2.22 bits per heavy atom. The van der Waals surface area contributed by atoms with Crippen LogP contribution in [0.25, 0.3) is 11.1 Å². The molecule has 4 bridgehead atoms. The topological polar surface area (TPSA) is 281 Å². The Labute approximate surface area is 343 Å². The van der Waals surface area contributed by atoms with Crippen LogP contribution in [0.5, 0.6) is 11.5 Å². The number of aryl methyl sites for hydroxylation is 2. The minimum Gasteiger partial charge on any atom is -0.492 e. The second-order valence-corrected chi connectivity index (χ2v) is 14.0. The van der Waals surface area contributed by atoms with Crippen LogP contribution in [0.1, 0.15) is 58.4 Å². The van der Waals surface area contributed by atoms with Crippen LogP contribution in [0.2, 0.25) is 0 Å². The van der Waals surface area contributed by atoms with E-state index in [1.807, 2.05) is 19.1 Å². The van der Waals surface area contributed by atoms with Gasteiger partial charge in [0, 0.05) is 49.7 Å². The van der Waals surface area contributed by atoms with Crippen molar-refractivity contribution < 1.29 is 33.4 Å². The van der Waals surface area contributed by atoms with Gasteiger partial charge in [0.25, 0.3) is 5.91 Å². The van der Waals surface area contributed by atoms with Gasteiger partial charge >= 0.3 is 0 Å². The maximum atomic E-state index is 14.5. The van der Waals surface area contributed by atoms with Crippen molar-refractivity contribution in [2.24, 2.45) is 17.2 Å². The molecule has 10 N–H and O–H groups in total. The van der Waals surface area contributed by atoms with Crippen LogP contribution < -0.4 is 47.9 Å². The van der Waals surface area contributed by atoms with Gasteiger partial charge < -0.3 is 52.8 Å². The number of benzene rings is 3. The second-order valence-electron chi connectivity index (χ2n) is 14.0. The summed E-state index contributed by atoms with van der Waals surface area (Å²) in [4.78, 5) is 70.8. The van der Waals surface area contributed by atoms with Gasteiger partial charge in [0.1, 0.15) is 55.4 Å². The molecule has 4 rings (SSSR count). The van der Waals surface area contributed by atoms with Gasteiger partial charge in [-0.25, -0.2) is 0 Å². The number of amides is 5. The quantitative estimate of drug-likeness (QED) is 0.0982. The van der Waals surface area contributed by atoms with Crippen LogP contribution in [0.15, 0.2) is 54.6 Å². The molecule has 1 aliphatic rings. The van der Waals surface area contributed by atoms with Crippen molar-refractivity contribution in [1.82, 2.24) is 26.2 Å². The zero-order valence-corrected chi connectivity index (χ0v) is 33.5. The van der Waals surface area contributed by atoms with E-state index < -0.39 is 53.7 Å². The van der Waals surface area contributed by atoms with Crippen molar-refractivity contribution >= 4 is 29.5 Å². The number of ether oxygens (including phenoxy) is 2. The molecule has 0 aromatic heterocycles. The molecule has 0 spiro atoms. The molecule has 3 aromatic rings. The summed E-state index contributed by atoms with van der Waals surface area (Å²) in [6.07, 6.45) is 0.527. The maximum absolute atomic E-state index is 14.5. The fourth-order valence-corrected chi connectivity index (χ4v) is 6.71. The molecule has 1 aliphatic heterocycles. The smallest absolute Gasteiger partial charge is 0.252 e. The molecule has 59 heavy (non-hydrogen) atoms. The van der Waals surface area contributed by atoms with E-state index in [0.29, 0.717) is 51.3 Å². The average molecular weight is 809 g/mol. The van der Waals surface area contributed by atoms with Gasteiger partial charge in [0.15, 0.2) is 0 Å².